The van der Waals surface area contributed by atoms with E-state index in [0.717, 1.165) is 10.6 Å². The molecular formula is C17H21FN4O3. The number of carbonyl (C=O) groups is 2. The van der Waals surface area contributed by atoms with Crippen LogP contribution in [0.4, 0.5) is 4.39 Å². The average Bonchev–Trinajstić information content (AvgIpc) is 2.56. The van der Waals surface area contributed by atoms with E-state index < -0.39 is 23.3 Å². The molecule has 0 saturated heterocycles. The average molecular weight is 348 g/mol. The van der Waals surface area contributed by atoms with Crippen molar-refractivity contribution in [1.29, 1.82) is 0 Å². The van der Waals surface area contributed by atoms with Gasteiger partial charge < -0.3 is 10.6 Å². The van der Waals surface area contributed by atoms with E-state index in [0.29, 0.717) is 11.9 Å². The molecular weight excluding hydrogens is 327 g/mol. The van der Waals surface area contributed by atoms with Crippen molar-refractivity contribution in [3.63, 3.8) is 0 Å². The van der Waals surface area contributed by atoms with Gasteiger partial charge in [-0.15, -0.1) is 0 Å². The molecule has 1 atom stereocenters. The molecule has 0 aliphatic heterocycles. The van der Waals surface area contributed by atoms with Crippen LogP contribution in [-0.4, -0.2) is 34.5 Å². The van der Waals surface area contributed by atoms with Crippen molar-refractivity contribution in [2.75, 3.05) is 7.05 Å². The minimum Gasteiger partial charge on any atom is -0.357 e. The van der Waals surface area contributed by atoms with E-state index >= 15 is 0 Å². The van der Waals surface area contributed by atoms with E-state index in [1.54, 1.807) is 0 Å². The minimum atomic E-state index is -0.681. The lowest BCUT2D eigenvalue weighted by atomic mass is 10.0. The molecule has 0 aliphatic carbocycles. The number of hydrogen-bond acceptors (Lipinski definition) is 4. The van der Waals surface area contributed by atoms with Gasteiger partial charge in [0.2, 0.25) is 11.8 Å². The topological polar surface area (TPSA) is 93.1 Å². The highest BCUT2D eigenvalue weighted by atomic mass is 19.1. The summed E-state index contributed by atoms with van der Waals surface area (Å²) in [6, 6.07) is 3.02. The third-order valence-electron chi connectivity index (χ3n) is 3.71. The maximum atomic E-state index is 13.3. The Kier molecular flexibility index (Phi) is 5.84. The number of aromatic nitrogens is 2. The molecule has 0 saturated carbocycles. The molecule has 7 nitrogen and oxygen atoms in total. The summed E-state index contributed by atoms with van der Waals surface area (Å²) in [4.78, 5) is 40.5. The molecule has 0 unspecified atom stereocenters. The smallest absolute Gasteiger partial charge is 0.261 e. The molecule has 8 heteroatoms. The first kappa shape index (κ1) is 18.6. The molecule has 2 N–H and O–H groups in total. The number of hydrogen-bond donors (Lipinski definition) is 2. The van der Waals surface area contributed by atoms with Gasteiger partial charge in [-0.1, -0.05) is 13.8 Å². The van der Waals surface area contributed by atoms with Crippen molar-refractivity contribution >= 4 is 22.7 Å². The summed E-state index contributed by atoms with van der Waals surface area (Å²) in [5.74, 6) is -1.14. The molecule has 0 spiro atoms. The van der Waals surface area contributed by atoms with Gasteiger partial charge in [-0.25, -0.2) is 9.37 Å². The molecule has 2 aromatic rings. The number of nitrogens with one attached hydrogen (secondary N) is 2. The highest BCUT2D eigenvalue weighted by Gasteiger charge is 2.21. The number of likely N-dealkylation sites (N-methyl/N-ethyl adjacent to an activating group) is 1. The molecule has 134 valence electrons. The number of fused-ring (bicyclic) bond motifs is 1. The number of nitrogens with zero attached hydrogens (tertiary/aromatic N) is 2. The highest BCUT2D eigenvalue weighted by Crippen LogP contribution is 2.08. The Balaban J connectivity index is 2.19. The summed E-state index contributed by atoms with van der Waals surface area (Å²) >= 11 is 0. The number of rotatable bonds is 6. The van der Waals surface area contributed by atoms with Crippen molar-refractivity contribution in [3.8, 4) is 0 Å². The first-order valence-electron chi connectivity index (χ1n) is 7.97. The van der Waals surface area contributed by atoms with Gasteiger partial charge in [-0.3, -0.25) is 19.0 Å². The SMILES string of the molecule is CNC(=O)[C@@H](CC(C)C)NC(=O)Cn1cnc2ccc(F)cc2c1=O. The van der Waals surface area contributed by atoms with Crippen molar-refractivity contribution in [3.05, 3.63) is 40.7 Å². The molecule has 0 bridgehead atoms. The second-order valence-corrected chi connectivity index (χ2v) is 6.20. The third kappa shape index (κ3) is 4.62. The maximum Gasteiger partial charge on any atom is 0.261 e. The molecule has 2 rings (SSSR count). The maximum absolute atomic E-state index is 13.3. The van der Waals surface area contributed by atoms with Crippen LogP contribution in [0.5, 0.6) is 0 Å². The largest absolute Gasteiger partial charge is 0.357 e. The Morgan fingerprint density at radius 2 is 2.04 bits per heavy atom. The second-order valence-electron chi connectivity index (χ2n) is 6.20. The van der Waals surface area contributed by atoms with Crippen LogP contribution >= 0.6 is 0 Å². The van der Waals surface area contributed by atoms with E-state index in [4.69, 9.17) is 0 Å². The summed E-state index contributed by atoms with van der Waals surface area (Å²) < 4.78 is 14.4. The van der Waals surface area contributed by atoms with Gasteiger partial charge >= 0.3 is 0 Å². The van der Waals surface area contributed by atoms with E-state index in [2.05, 4.69) is 15.6 Å². The van der Waals surface area contributed by atoms with E-state index in [-0.39, 0.29) is 23.8 Å². The third-order valence-corrected chi connectivity index (χ3v) is 3.71. The molecule has 0 fully saturated rings. The van der Waals surface area contributed by atoms with Crippen LogP contribution in [0.15, 0.2) is 29.3 Å². The molecule has 1 aromatic heterocycles. The van der Waals surface area contributed by atoms with Gasteiger partial charge in [0, 0.05) is 7.05 Å². The van der Waals surface area contributed by atoms with E-state index in [9.17, 15) is 18.8 Å². The van der Waals surface area contributed by atoms with Crippen LogP contribution in [-0.2, 0) is 16.1 Å². The van der Waals surface area contributed by atoms with Gasteiger partial charge in [-0.05, 0) is 30.5 Å². The van der Waals surface area contributed by atoms with Crippen molar-refractivity contribution < 1.29 is 14.0 Å². The lowest BCUT2D eigenvalue weighted by Gasteiger charge is -2.19. The van der Waals surface area contributed by atoms with Crippen LogP contribution in [0.2, 0.25) is 0 Å². The lowest BCUT2D eigenvalue weighted by molar-refractivity contribution is -0.129. The van der Waals surface area contributed by atoms with Crippen LogP contribution in [0.1, 0.15) is 20.3 Å². The van der Waals surface area contributed by atoms with Crippen molar-refractivity contribution in [2.24, 2.45) is 5.92 Å². The Hall–Kier alpha value is -2.77. The van der Waals surface area contributed by atoms with Crippen molar-refractivity contribution in [1.82, 2.24) is 20.2 Å². The monoisotopic (exact) mass is 348 g/mol. The zero-order chi connectivity index (χ0) is 18.6. The first-order chi connectivity index (χ1) is 11.8. The minimum absolute atomic E-state index is 0.0975. The van der Waals surface area contributed by atoms with Crippen LogP contribution in [0.3, 0.4) is 0 Å². The van der Waals surface area contributed by atoms with Gasteiger partial charge in [0.05, 0.1) is 17.2 Å². The zero-order valence-corrected chi connectivity index (χ0v) is 14.4. The summed E-state index contributed by atoms with van der Waals surface area (Å²) in [7, 11) is 1.49. The highest BCUT2D eigenvalue weighted by molar-refractivity contribution is 5.87. The van der Waals surface area contributed by atoms with Gasteiger partial charge in [0.25, 0.3) is 5.56 Å². The van der Waals surface area contributed by atoms with E-state index in [1.165, 1.54) is 25.5 Å². The fraction of sp³-hybridized carbons (Fsp3) is 0.412. The first-order valence-corrected chi connectivity index (χ1v) is 7.97. The normalized spacial score (nSPS) is 12.2. The Bertz CT molecular complexity index is 847. The number of amides is 2. The summed E-state index contributed by atoms with van der Waals surface area (Å²) in [6.07, 6.45) is 1.71. The lowest BCUT2D eigenvalue weighted by Crippen LogP contribution is -2.47. The predicted molar refractivity (Wildman–Crippen MR) is 91.4 cm³/mol. The Morgan fingerprint density at radius 1 is 1.32 bits per heavy atom. The summed E-state index contributed by atoms with van der Waals surface area (Å²) in [5, 5.41) is 5.22. The van der Waals surface area contributed by atoms with Gasteiger partial charge in [0.15, 0.2) is 0 Å². The summed E-state index contributed by atoms with van der Waals surface area (Å²) in [6.45, 7) is 3.58. The Morgan fingerprint density at radius 3 is 2.68 bits per heavy atom. The molecule has 2 amide bonds. The zero-order valence-electron chi connectivity index (χ0n) is 14.4. The molecule has 0 aliphatic rings. The van der Waals surface area contributed by atoms with Crippen LogP contribution in [0, 0.1) is 11.7 Å². The second kappa shape index (κ2) is 7.87. The fourth-order valence-electron chi connectivity index (χ4n) is 2.52. The number of benzene rings is 1. The van der Waals surface area contributed by atoms with Crippen molar-refractivity contribution in [2.45, 2.75) is 32.9 Å². The number of halogens is 1. The quantitative estimate of drug-likeness (QED) is 0.808. The molecule has 1 aromatic carbocycles. The Labute approximate surface area is 144 Å². The number of carbonyl (C=O) groups excluding carboxylic acids is 2. The predicted octanol–water partition coefficient (Wildman–Crippen LogP) is 0.812. The fourth-order valence-corrected chi connectivity index (χ4v) is 2.52. The van der Waals surface area contributed by atoms with Gasteiger partial charge in [-0.2, -0.15) is 0 Å². The molecule has 0 radical (unpaired) electrons. The van der Waals surface area contributed by atoms with E-state index in [1.807, 2.05) is 13.8 Å². The molecule has 1 heterocycles. The standard InChI is InChI=1S/C17H21FN4O3/c1-10(2)6-14(16(24)19-3)21-15(23)8-22-9-20-13-5-4-11(18)7-12(13)17(22)25/h4-5,7,9-10,14H,6,8H2,1-3H3,(H,19,24)(H,21,23)/t14-/m1/s1. The summed E-state index contributed by atoms with van der Waals surface area (Å²) in [5.41, 5.74) is -0.161. The van der Waals surface area contributed by atoms with Gasteiger partial charge in [0.1, 0.15) is 18.4 Å². The van der Waals surface area contributed by atoms with Crippen LogP contribution in [0.25, 0.3) is 10.9 Å². The molecule has 25 heavy (non-hydrogen) atoms. The van der Waals surface area contributed by atoms with Crippen LogP contribution < -0.4 is 16.2 Å².